The van der Waals surface area contributed by atoms with E-state index in [9.17, 15) is 18.0 Å². The molecule has 0 bridgehead atoms. The Hall–Kier alpha value is -3.98. The molecule has 5 rings (SSSR count). The number of hydrogen-bond acceptors (Lipinski definition) is 5. The average molecular weight is 581 g/mol. The van der Waals surface area contributed by atoms with Crippen LogP contribution < -0.4 is 19.5 Å². The first-order valence-electron chi connectivity index (χ1n) is 14.3. The van der Waals surface area contributed by atoms with Gasteiger partial charge in [0.15, 0.2) is 17.4 Å². The van der Waals surface area contributed by atoms with Crippen molar-refractivity contribution >= 4 is 11.5 Å². The van der Waals surface area contributed by atoms with Gasteiger partial charge in [-0.25, -0.2) is 8.78 Å². The second-order valence-electron chi connectivity index (χ2n) is 10.5. The van der Waals surface area contributed by atoms with E-state index in [1.807, 2.05) is 53.4 Å². The van der Waals surface area contributed by atoms with Crippen LogP contribution in [-0.2, 0) is 11.2 Å². The van der Waals surface area contributed by atoms with Gasteiger partial charge >= 0.3 is 0 Å². The Morgan fingerprint density at radius 3 is 2.48 bits per heavy atom. The molecule has 9 heteroatoms. The number of nitrogens with zero attached hydrogens (tertiary/aromatic N) is 1. The first kappa shape index (κ1) is 29.5. The van der Waals surface area contributed by atoms with E-state index in [2.05, 4.69) is 5.32 Å². The smallest absolute Gasteiger partial charge is 0.251 e. The van der Waals surface area contributed by atoms with Gasteiger partial charge in [-0.1, -0.05) is 30.3 Å². The predicted molar refractivity (Wildman–Crippen MR) is 154 cm³/mol. The van der Waals surface area contributed by atoms with Crippen molar-refractivity contribution in [3.63, 3.8) is 0 Å². The van der Waals surface area contributed by atoms with Crippen LogP contribution in [0.5, 0.6) is 17.2 Å². The summed E-state index contributed by atoms with van der Waals surface area (Å²) in [6.07, 6.45) is 3.86. The molecule has 0 aromatic heterocycles. The summed E-state index contributed by atoms with van der Waals surface area (Å²) in [5, 5.41) is 3.35. The van der Waals surface area contributed by atoms with Gasteiger partial charge in [-0.15, -0.1) is 0 Å². The number of amides is 1. The minimum absolute atomic E-state index is 0.0481. The lowest BCUT2D eigenvalue weighted by Gasteiger charge is -2.28. The second kappa shape index (κ2) is 13.8. The third-order valence-corrected chi connectivity index (χ3v) is 7.53. The normalized spacial score (nSPS) is 15.0. The molecule has 6 nitrogen and oxygen atoms in total. The summed E-state index contributed by atoms with van der Waals surface area (Å²) >= 11 is 0. The lowest BCUT2D eigenvalue weighted by atomic mass is 9.92. The quantitative estimate of drug-likeness (QED) is 0.200. The Morgan fingerprint density at radius 2 is 1.71 bits per heavy atom. The Balaban J connectivity index is 1.20. The van der Waals surface area contributed by atoms with Gasteiger partial charge in [0.25, 0.3) is 5.91 Å². The fourth-order valence-electron chi connectivity index (χ4n) is 5.13. The minimum atomic E-state index is -1.32. The molecule has 0 atom stereocenters. The maximum absolute atomic E-state index is 13.8. The van der Waals surface area contributed by atoms with Crippen LogP contribution >= 0.6 is 0 Å². The summed E-state index contributed by atoms with van der Waals surface area (Å²) < 4.78 is 57.3. The molecule has 222 valence electrons. The average Bonchev–Trinajstić information content (AvgIpc) is 3.86. The Bertz CT molecular complexity index is 1420. The highest BCUT2D eigenvalue weighted by atomic mass is 19.2. The third-order valence-electron chi connectivity index (χ3n) is 7.53. The van der Waals surface area contributed by atoms with E-state index >= 15 is 0 Å². The molecular formula is C33H35F3N2O4. The van der Waals surface area contributed by atoms with E-state index in [1.54, 1.807) is 7.11 Å². The highest BCUT2D eigenvalue weighted by Gasteiger charge is 2.35. The van der Waals surface area contributed by atoms with Crippen LogP contribution in [0.15, 0.2) is 66.2 Å². The Morgan fingerprint density at radius 1 is 0.952 bits per heavy atom. The number of carbonyl (C=O) groups excluding carboxylic acids is 1. The first-order valence-corrected chi connectivity index (χ1v) is 14.3. The molecule has 0 saturated heterocycles. The lowest BCUT2D eigenvalue weighted by Crippen LogP contribution is -2.41. The van der Waals surface area contributed by atoms with Gasteiger partial charge in [-0.2, -0.15) is 4.39 Å². The first-order chi connectivity index (χ1) is 20.4. The van der Waals surface area contributed by atoms with E-state index < -0.39 is 23.2 Å². The molecule has 2 aliphatic rings. The number of halogens is 3. The van der Waals surface area contributed by atoms with Crippen LogP contribution in [0.3, 0.4) is 0 Å². The highest BCUT2D eigenvalue weighted by molar-refractivity contribution is 6.02. The maximum Gasteiger partial charge on any atom is 0.251 e. The van der Waals surface area contributed by atoms with Crippen LogP contribution in [-0.4, -0.2) is 56.8 Å². The van der Waals surface area contributed by atoms with Gasteiger partial charge in [0.2, 0.25) is 5.82 Å². The summed E-state index contributed by atoms with van der Waals surface area (Å²) in [6, 6.07) is 17.3. The molecular weight excluding hydrogens is 545 g/mol. The number of rotatable bonds is 13. The zero-order valence-corrected chi connectivity index (χ0v) is 23.6. The number of methoxy groups -OCH3 is 1. The van der Waals surface area contributed by atoms with Gasteiger partial charge in [-0.05, 0) is 79.6 Å². The van der Waals surface area contributed by atoms with Crippen molar-refractivity contribution in [3.05, 3.63) is 94.8 Å². The zero-order valence-electron chi connectivity index (χ0n) is 23.6. The van der Waals surface area contributed by atoms with E-state index in [4.69, 9.17) is 14.2 Å². The number of benzene rings is 3. The Labute approximate surface area is 244 Å². The molecule has 3 aromatic carbocycles. The molecule has 0 spiro atoms. The van der Waals surface area contributed by atoms with Crippen LogP contribution in [0.25, 0.3) is 5.57 Å². The van der Waals surface area contributed by atoms with Crippen LogP contribution in [0, 0.1) is 17.5 Å². The minimum Gasteiger partial charge on any atom is -0.497 e. The van der Waals surface area contributed by atoms with Crippen molar-refractivity contribution in [2.24, 2.45) is 0 Å². The van der Waals surface area contributed by atoms with E-state index in [-0.39, 0.29) is 18.6 Å². The molecule has 1 N–H and O–H groups in total. The van der Waals surface area contributed by atoms with Gasteiger partial charge in [0.05, 0.1) is 20.3 Å². The Kier molecular flexibility index (Phi) is 9.69. The molecule has 1 fully saturated rings. The number of nitrogens with one attached hydrogen (secondary N) is 1. The summed E-state index contributed by atoms with van der Waals surface area (Å²) in [5.74, 6) is -2.60. The van der Waals surface area contributed by atoms with E-state index in [1.165, 1.54) is 0 Å². The maximum atomic E-state index is 13.8. The highest BCUT2D eigenvalue weighted by Crippen LogP contribution is 2.32. The summed E-state index contributed by atoms with van der Waals surface area (Å²) in [5.41, 5.74) is 3.87. The van der Waals surface area contributed by atoms with Crippen molar-refractivity contribution in [1.82, 2.24) is 10.2 Å². The fraction of sp³-hybridized carbons (Fsp3) is 0.364. The van der Waals surface area contributed by atoms with Crippen LogP contribution in [0.4, 0.5) is 13.2 Å². The van der Waals surface area contributed by atoms with Gasteiger partial charge in [0, 0.05) is 24.2 Å². The van der Waals surface area contributed by atoms with E-state index in [0.717, 1.165) is 66.0 Å². The summed E-state index contributed by atoms with van der Waals surface area (Å²) in [4.78, 5) is 15.7. The molecule has 1 saturated carbocycles. The number of hydrogen-bond donors (Lipinski definition) is 1. The molecule has 3 aromatic rings. The molecule has 42 heavy (non-hydrogen) atoms. The lowest BCUT2D eigenvalue weighted by molar-refractivity contribution is -0.128. The standard InChI is InChI=1S/C33H35F3N2O4/c1-40-25-5-2-6-26(20-25)41-19-17-38(24-11-12-24)33(39)28-21-37-16-15-27(28)23-9-7-22(8-10-23)4-3-18-42-32-30(35)14-13-29(34)31(32)36/h2,5-10,13-14,20,24,37H,3-4,11-12,15-19,21H2,1H3. The van der Waals surface area contributed by atoms with Crippen molar-refractivity contribution in [3.8, 4) is 17.2 Å². The van der Waals surface area contributed by atoms with Crippen molar-refractivity contribution in [2.45, 2.75) is 38.1 Å². The third kappa shape index (κ3) is 7.26. The van der Waals surface area contributed by atoms with Gasteiger partial charge in [-0.3, -0.25) is 4.79 Å². The van der Waals surface area contributed by atoms with Crippen LogP contribution in [0.2, 0.25) is 0 Å². The zero-order chi connectivity index (χ0) is 29.5. The number of carbonyl (C=O) groups is 1. The number of ether oxygens (including phenoxy) is 3. The van der Waals surface area contributed by atoms with Crippen molar-refractivity contribution in [1.29, 1.82) is 0 Å². The molecule has 0 unspecified atom stereocenters. The summed E-state index contributed by atoms with van der Waals surface area (Å²) in [6.45, 7) is 2.25. The largest absolute Gasteiger partial charge is 0.497 e. The monoisotopic (exact) mass is 580 g/mol. The van der Waals surface area contributed by atoms with Gasteiger partial charge in [0.1, 0.15) is 18.1 Å². The molecule has 1 aliphatic heterocycles. The molecule has 1 aliphatic carbocycles. The van der Waals surface area contributed by atoms with E-state index in [0.29, 0.717) is 38.3 Å². The van der Waals surface area contributed by atoms with Gasteiger partial charge < -0.3 is 24.4 Å². The van der Waals surface area contributed by atoms with Crippen molar-refractivity contribution < 1.29 is 32.2 Å². The fourth-order valence-corrected chi connectivity index (χ4v) is 5.13. The molecule has 0 radical (unpaired) electrons. The summed E-state index contributed by atoms with van der Waals surface area (Å²) in [7, 11) is 1.61. The molecule has 1 heterocycles. The van der Waals surface area contributed by atoms with Crippen molar-refractivity contribution in [2.75, 3.05) is 40.0 Å². The SMILES string of the molecule is COc1cccc(OCCN(C(=O)C2=C(c3ccc(CCCOc4c(F)ccc(F)c4F)cc3)CCNC2)C2CC2)c1. The second-order valence-corrected chi connectivity index (χ2v) is 10.5. The predicted octanol–water partition coefficient (Wildman–Crippen LogP) is 5.94. The topological polar surface area (TPSA) is 60.0 Å². The number of aryl methyl sites for hydroxylation is 1. The molecule has 1 amide bonds. The van der Waals surface area contributed by atoms with Crippen LogP contribution in [0.1, 0.15) is 36.8 Å².